The molecule has 154 valence electrons. The maximum Gasteiger partial charge on any atom is 0.304 e. The van der Waals surface area contributed by atoms with Crippen molar-refractivity contribution in [2.24, 2.45) is 0 Å². The first-order valence-electron chi connectivity index (χ1n) is 9.88. The molecule has 0 bridgehead atoms. The van der Waals surface area contributed by atoms with Crippen molar-refractivity contribution in [3.05, 3.63) is 64.8 Å². The van der Waals surface area contributed by atoms with Gasteiger partial charge in [-0.2, -0.15) is 0 Å². The monoisotopic (exact) mass is 395 g/mol. The van der Waals surface area contributed by atoms with E-state index in [4.69, 9.17) is 9.15 Å². The van der Waals surface area contributed by atoms with Gasteiger partial charge in [-0.1, -0.05) is 49.4 Å². The second-order valence-electron chi connectivity index (χ2n) is 7.19. The highest BCUT2D eigenvalue weighted by molar-refractivity contribution is 5.84. The number of hydrogen-bond donors (Lipinski definition) is 0. The second-order valence-corrected chi connectivity index (χ2v) is 7.19. The van der Waals surface area contributed by atoms with Gasteiger partial charge in [0.15, 0.2) is 0 Å². The van der Waals surface area contributed by atoms with Crippen LogP contribution in [0.3, 0.4) is 0 Å². The molecule has 0 spiro atoms. The molecule has 0 amide bonds. The van der Waals surface area contributed by atoms with Gasteiger partial charge >= 0.3 is 12.4 Å². The van der Waals surface area contributed by atoms with Crippen molar-refractivity contribution in [3.8, 4) is 17.1 Å². The van der Waals surface area contributed by atoms with Gasteiger partial charge in [0, 0.05) is 12.1 Å². The lowest BCUT2D eigenvalue weighted by Crippen LogP contribution is -2.36. The van der Waals surface area contributed by atoms with Gasteiger partial charge in [0.05, 0.1) is 5.39 Å². The van der Waals surface area contributed by atoms with Crippen molar-refractivity contribution >= 4 is 17.4 Å². The van der Waals surface area contributed by atoms with Crippen molar-refractivity contribution in [2.75, 3.05) is 6.54 Å². The van der Waals surface area contributed by atoms with Crippen LogP contribution in [0, 0.1) is 0 Å². The van der Waals surface area contributed by atoms with Gasteiger partial charge in [0.2, 0.25) is 5.43 Å². The molecule has 0 radical (unpaired) electrons. The van der Waals surface area contributed by atoms with Gasteiger partial charge in [0.25, 0.3) is 0 Å². The van der Waals surface area contributed by atoms with E-state index < -0.39 is 0 Å². The molecule has 3 aromatic rings. The predicted molar refractivity (Wildman–Crippen MR) is 117 cm³/mol. The first kappa shape index (κ1) is 22.4. The Morgan fingerprint density at radius 3 is 2.07 bits per heavy atom. The summed E-state index contributed by atoms with van der Waals surface area (Å²) in [5.74, 6) is -0.0881. The molecule has 0 atom stereocenters. The summed E-state index contributed by atoms with van der Waals surface area (Å²) in [7, 11) is 0. The van der Waals surface area contributed by atoms with E-state index in [1.807, 2.05) is 6.07 Å². The summed E-state index contributed by atoms with van der Waals surface area (Å²) >= 11 is 0. The zero-order valence-electron chi connectivity index (χ0n) is 17.7. The highest BCUT2D eigenvalue weighted by Gasteiger charge is 2.17. The molecule has 3 rings (SSSR count). The number of ether oxygens (including phenoxy) is 1. The summed E-state index contributed by atoms with van der Waals surface area (Å²) in [6, 6.07) is 17.2. The molecule has 29 heavy (non-hydrogen) atoms. The Morgan fingerprint density at radius 1 is 0.966 bits per heavy atom. The number of para-hydroxylation sites is 1. The second kappa shape index (κ2) is 10.6. The van der Waals surface area contributed by atoms with E-state index in [0.717, 1.165) is 6.54 Å². The molecule has 0 aliphatic rings. The maximum absolute atomic E-state index is 12.6. The Kier molecular flexibility index (Phi) is 8.16. The fourth-order valence-electron chi connectivity index (χ4n) is 3.43. The minimum atomic E-state index is -0.227. The predicted octanol–water partition coefficient (Wildman–Crippen LogP) is 5.12. The van der Waals surface area contributed by atoms with E-state index in [1.165, 1.54) is 0 Å². The lowest BCUT2D eigenvalue weighted by atomic mass is 10.1. The van der Waals surface area contributed by atoms with Gasteiger partial charge < -0.3 is 9.15 Å². The van der Waals surface area contributed by atoms with Crippen LogP contribution in [0.2, 0.25) is 0 Å². The van der Waals surface area contributed by atoms with Crippen molar-refractivity contribution in [3.63, 3.8) is 0 Å². The molecule has 1 aromatic heterocycles. The zero-order valence-corrected chi connectivity index (χ0v) is 17.7. The third-order valence-corrected chi connectivity index (χ3v) is 4.67. The average Bonchev–Trinajstić information content (AvgIpc) is 2.69. The molecule has 1 heterocycles. The largest absolute Gasteiger partial charge is 0.425 e. The average molecular weight is 395 g/mol. The van der Waals surface area contributed by atoms with Crippen LogP contribution in [0.4, 0.5) is 0 Å². The Balaban J connectivity index is 0.000000284. The van der Waals surface area contributed by atoms with Gasteiger partial charge in [-0.25, -0.2) is 0 Å². The molecule has 0 N–H and O–H groups in total. The molecule has 0 saturated carbocycles. The number of hydrogen-bond acceptors (Lipinski definition) is 5. The lowest BCUT2D eigenvalue weighted by molar-refractivity contribution is -0.121. The number of fused-ring (bicyclic) bond motifs is 1. The van der Waals surface area contributed by atoms with Crippen LogP contribution in [-0.2, 0) is 4.79 Å². The first-order valence-corrected chi connectivity index (χ1v) is 9.88. The van der Waals surface area contributed by atoms with Crippen LogP contribution in [0.15, 0.2) is 63.8 Å². The summed E-state index contributed by atoms with van der Waals surface area (Å²) in [5, 5.41) is 0.449. The summed E-state index contributed by atoms with van der Waals surface area (Å²) in [6.45, 7) is 12.6. The van der Waals surface area contributed by atoms with Crippen LogP contribution in [0.1, 0.15) is 34.6 Å². The molecular weight excluding hydrogens is 366 g/mol. The molecule has 5 nitrogen and oxygen atoms in total. The van der Waals surface area contributed by atoms with E-state index >= 15 is 0 Å². The quantitative estimate of drug-likeness (QED) is 0.542. The van der Waals surface area contributed by atoms with Gasteiger partial charge in [-0.3, -0.25) is 14.5 Å². The van der Waals surface area contributed by atoms with Crippen molar-refractivity contribution in [1.82, 2.24) is 4.90 Å². The smallest absolute Gasteiger partial charge is 0.304 e. The summed E-state index contributed by atoms with van der Waals surface area (Å²) in [6.07, 6.45) is 0. The van der Waals surface area contributed by atoms with Crippen molar-refractivity contribution < 1.29 is 13.9 Å². The van der Waals surface area contributed by atoms with Gasteiger partial charge in [-0.15, -0.1) is 0 Å². The Labute approximate surface area is 171 Å². The van der Waals surface area contributed by atoms with Gasteiger partial charge in [0.1, 0.15) is 11.1 Å². The van der Waals surface area contributed by atoms with Crippen LogP contribution in [-0.4, -0.2) is 30.0 Å². The third kappa shape index (κ3) is 5.55. The van der Waals surface area contributed by atoms with E-state index in [9.17, 15) is 9.59 Å². The molecule has 0 aliphatic heterocycles. The van der Waals surface area contributed by atoms with E-state index in [-0.39, 0.29) is 23.4 Å². The maximum atomic E-state index is 12.6. The Morgan fingerprint density at radius 2 is 1.55 bits per heavy atom. The first-order chi connectivity index (χ1) is 13.9. The number of rotatable bonds is 6. The number of carbonyl (C=O) groups is 1. The number of nitrogens with zero attached hydrogens (tertiary/aromatic N) is 1. The number of benzene rings is 2. The molecule has 0 fully saturated rings. The van der Waals surface area contributed by atoms with Crippen molar-refractivity contribution in [1.29, 1.82) is 0 Å². The topological polar surface area (TPSA) is 59.8 Å². The highest BCUT2D eigenvalue weighted by atomic mass is 16.6. The third-order valence-electron chi connectivity index (χ3n) is 4.67. The molecule has 0 unspecified atom stereocenters. The minimum absolute atomic E-state index is 0.0881. The van der Waals surface area contributed by atoms with Crippen LogP contribution >= 0.6 is 0 Å². The fraction of sp³-hybridized carbons (Fsp3) is 0.333. The Bertz CT molecular complexity index is 969. The standard InChI is InChI=1S/C16H10O4.C8H19N/c17-10-19-16-14(11-6-2-1-3-7-11)15(18)12-8-4-5-9-13(12)20-16;1-6-9(7(2)3)8(4)5/h1-10H;7-8H,6H2,1-5H3. The number of carbonyl (C=O) groups excluding carboxylic acids is 1. The normalized spacial score (nSPS) is 10.9. The van der Waals surface area contributed by atoms with E-state index in [0.29, 0.717) is 28.6 Å². The van der Waals surface area contributed by atoms with Gasteiger partial charge in [-0.05, 0) is 51.9 Å². The molecule has 0 aliphatic carbocycles. The zero-order chi connectivity index (χ0) is 21.4. The fourth-order valence-corrected chi connectivity index (χ4v) is 3.43. The van der Waals surface area contributed by atoms with Crippen LogP contribution < -0.4 is 10.2 Å². The van der Waals surface area contributed by atoms with Crippen LogP contribution in [0.25, 0.3) is 22.1 Å². The summed E-state index contributed by atoms with van der Waals surface area (Å²) in [4.78, 5) is 25.6. The summed E-state index contributed by atoms with van der Waals surface area (Å²) < 4.78 is 10.3. The lowest BCUT2D eigenvalue weighted by Gasteiger charge is -2.28. The van der Waals surface area contributed by atoms with Crippen LogP contribution in [0.5, 0.6) is 5.95 Å². The minimum Gasteiger partial charge on any atom is -0.425 e. The molecular formula is C24H29NO4. The van der Waals surface area contributed by atoms with Crippen molar-refractivity contribution in [2.45, 2.75) is 46.7 Å². The molecule has 5 heteroatoms. The molecule has 2 aromatic carbocycles. The SMILES string of the molecule is CCN(C(C)C)C(C)C.O=COc1oc2ccccc2c(=O)c1-c1ccccc1. The highest BCUT2D eigenvalue weighted by Crippen LogP contribution is 2.29. The van der Waals surface area contributed by atoms with E-state index in [2.05, 4.69) is 39.5 Å². The summed E-state index contributed by atoms with van der Waals surface area (Å²) in [5.41, 5.74) is 1.05. The molecule has 0 saturated heterocycles. The van der Waals surface area contributed by atoms with E-state index in [1.54, 1.807) is 48.5 Å². The Hall–Kier alpha value is -2.92.